The number of nitrogens with zero attached hydrogens (tertiary/aromatic N) is 3. The fraction of sp³-hybridized carbons (Fsp3) is 0.429. The van der Waals surface area contributed by atoms with Gasteiger partial charge < -0.3 is 19.0 Å². The minimum Gasteiger partial charge on any atom is -0.465 e. The second-order valence-corrected chi connectivity index (χ2v) is 4.96. The lowest BCUT2D eigenvalue weighted by atomic mass is 10.2. The molecule has 106 valence electrons. The van der Waals surface area contributed by atoms with E-state index < -0.39 is 0 Å². The molecule has 2 aromatic rings. The molecule has 1 aliphatic rings. The molecular formula is C14H17N3O3. The Balaban J connectivity index is 1.88. The number of hydrogen-bond donors (Lipinski definition) is 0. The summed E-state index contributed by atoms with van der Waals surface area (Å²) in [5.74, 6) is -0.365. The molecule has 6 heteroatoms. The molecule has 1 saturated heterocycles. The highest BCUT2D eigenvalue weighted by atomic mass is 16.5. The smallest absolute Gasteiger partial charge is 0.337 e. The van der Waals surface area contributed by atoms with E-state index in [0.29, 0.717) is 22.7 Å². The van der Waals surface area contributed by atoms with E-state index in [1.165, 1.54) is 7.11 Å². The topological polar surface area (TPSA) is 58.8 Å². The fourth-order valence-corrected chi connectivity index (χ4v) is 2.29. The van der Waals surface area contributed by atoms with Crippen molar-refractivity contribution in [1.29, 1.82) is 0 Å². The van der Waals surface area contributed by atoms with E-state index in [9.17, 15) is 4.79 Å². The van der Waals surface area contributed by atoms with E-state index in [-0.39, 0.29) is 5.97 Å². The average molecular weight is 275 g/mol. The van der Waals surface area contributed by atoms with Crippen molar-refractivity contribution < 1.29 is 13.9 Å². The summed E-state index contributed by atoms with van der Waals surface area (Å²) in [6.07, 6.45) is 0. The van der Waals surface area contributed by atoms with Crippen LogP contribution < -0.4 is 4.90 Å². The van der Waals surface area contributed by atoms with Crippen LogP contribution in [0.3, 0.4) is 0 Å². The van der Waals surface area contributed by atoms with Gasteiger partial charge in [0.25, 0.3) is 6.01 Å². The number of carbonyl (C=O) groups is 1. The summed E-state index contributed by atoms with van der Waals surface area (Å²) in [5, 5.41) is 0. The van der Waals surface area contributed by atoms with Gasteiger partial charge in [0.1, 0.15) is 5.52 Å². The maximum absolute atomic E-state index is 11.5. The normalized spacial score (nSPS) is 16.6. The van der Waals surface area contributed by atoms with Crippen molar-refractivity contribution in [2.45, 2.75) is 0 Å². The van der Waals surface area contributed by atoms with Gasteiger partial charge in [-0.05, 0) is 25.2 Å². The van der Waals surface area contributed by atoms with Gasteiger partial charge in [0.05, 0.1) is 12.7 Å². The Kier molecular flexibility index (Phi) is 3.31. The number of methoxy groups -OCH3 is 1. The van der Waals surface area contributed by atoms with Crippen molar-refractivity contribution in [3.8, 4) is 0 Å². The zero-order valence-electron chi connectivity index (χ0n) is 11.6. The second-order valence-electron chi connectivity index (χ2n) is 4.96. The van der Waals surface area contributed by atoms with Crippen LogP contribution >= 0.6 is 0 Å². The summed E-state index contributed by atoms with van der Waals surface area (Å²) in [4.78, 5) is 20.4. The Morgan fingerprint density at radius 2 is 2.05 bits per heavy atom. The van der Waals surface area contributed by atoms with Crippen molar-refractivity contribution in [2.24, 2.45) is 0 Å². The lowest BCUT2D eigenvalue weighted by Crippen LogP contribution is -2.44. The van der Waals surface area contributed by atoms with Crippen molar-refractivity contribution in [1.82, 2.24) is 9.88 Å². The van der Waals surface area contributed by atoms with Gasteiger partial charge in [-0.1, -0.05) is 0 Å². The molecule has 1 aliphatic heterocycles. The Hall–Kier alpha value is -2.08. The number of aromatic nitrogens is 1. The van der Waals surface area contributed by atoms with E-state index in [0.717, 1.165) is 26.2 Å². The van der Waals surface area contributed by atoms with Gasteiger partial charge in [-0.2, -0.15) is 4.98 Å². The van der Waals surface area contributed by atoms with Gasteiger partial charge >= 0.3 is 5.97 Å². The molecule has 0 N–H and O–H groups in total. The van der Waals surface area contributed by atoms with Gasteiger partial charge in [-0.25, -0.2) is 4.79 Å². The summed E-state index contributed by atoms with van der Waals surface area (Å²) in [7, 11) is 3.47. The molecular weight excluding hydrogens is 258 g/mol. The number of benzene rings is 1. The fourth-order valence-electron chi connectivity index (χ4n) is 2.29. The highest BCUT2D eigenvalue weighted by Crippen LogP contribution is 2.23. The number of rotatable bonds is 2. The highest BCUT2D eigenvalue weighted by Gasteiger charge is 2.19. The van der Waals surface area contributed by atoms with Crippen LogP contribution in [0.1, 0.15) is 10.4 Å². The van der Waals surface area contributed by atoms with Crippen LogP contribution in [0.5, 0.6) is 0 Å². The number of carbonyl (C=O) groups excluding carboxylic acids is 1. The maximum atomic E-state index is 11.5. The first kappa shape index (κ1) is 12.9. The molecule has 3 rings (SSSR count). The summed E-state index contributed by atoms with van der Waals surface area (Å²) in [5.41, 5.74) is 1.85. The summed E-state index contributed by atoms with van der Waals surface area (Å²) < 4.78 is 10.5. The van der Waals surface area contributed by atoms with Crippen LogP contribution in [0.15, 0.2) is 22.6 Å². The molecule has 0 radical (unpaired) electrons. The molecule has 1 aromatic carbocycles. The van der Waals surface area contributed by atoms with Crippen LogP contribution in [0.2, 0.25) is 0 Å². The Morgan fingerprint density at radius 1 is 1.30 bits per heavy atom. The van der Waals surface area contributed by atoms with Crippen LogP contribution in [-0.2, 0) is 4.74 Å². The minimum absolute atomic E-state index is 0.365. The molecule has 0 unspecified atom stereocenters. The number of ether oxygens (including phenoxy) is 1. The van der Waals surface area contributed by atoms with Crippen LogP contribution in [0, 0.1) is 0 Å². The Labute approximate surface area is 116 Å². The SMILES string of the molecule is COC(=O)c1ccc2oc(N3CCN(C)CC3)nc2c1. The van der Waals surface area contributed by atoms with Crippen molar-refractivity contribution in [3.05, 3.63) is 23.8 Å². The molecule has 0 atom stereocenters. The molecule has 0 bridgehead atoms. The van der Waals surface area contributed by atoms with Crippen molar-refractivity contribution in [3.63, 3.8) is 0 Å². The van der Waals surface area contributed by atoms with Crippen molar-refractivity contribution >= 4 is 23.1 Å². The third-order valence-corrected chi connectivity index (χ3v) is 3.57. The molecule has 0 spiro atoms. The first-order valence-electron chi connectivity index (χ1n) is 6.60. The second kappa shape index (κ2) is 5.13. The zero-order chi connectivity index (χ0) is 14.1. The Bertz CT molecular complexity index is 630. The number of likely N-dealkylation sites (N-methyl/N-ethyl adjacent to an activating group) is 1. The van der Waals surface area contributed by atoms with E-state index >= 15 is 0 Å². The zero-order valence-corrected chi connectivity index (χ0v) is 11.6. The Morgan fingerprint density at radius 3 is 2.75 bits per heavy atom. The quantitative estimate of drug-likeness (QED) is 0.771. The number of hydrogen-bond acceptors (Lipinski definition) is 6. The maximum Gasteiger partial charge on any atom is 0.337 e. The lowest BCUT2D eigenvalue weighted by Gasteiger charge is -2.31. The van der Waals surface area contributed by atoms with Gasteiger partial charge in [0.2, 0.25) is 0 Å². The monoisotopic (exact) mass is 275 g/mol. The third-order valence-electron chi connectivity index (χ3n) is 3.57. The van der Waals surface area contributed by atoms with Crippen molar-refractivity contribution in [2.75, 3.05) is 45.2 Å². The summed E-state index contributed by atoms with van der Waals surface area (Å²) >= 11 is 0. The molecule has 0 amide bonds. The molecule has 0 saturated carbocycles. The average Bonchev–Trinajstić information content (AvgIpc) is 2.90. The van der Waals surface area contributed by atoms with Gasteiger partial charge in [-0.15, -0.1) is 0 Å². The highest BCUT2D eigenvalue weighted by molar-refractivity contribution is 5.93. The molecule has 1 fully saturated rings. The molecule has 1 aromatic heterocycles. The summed E-state index contributed by atoms with van der Waals surface area (Å²) in [6.45, 7) is 3.78. The van der Waals surface area contributed by atoms with Crippen LogP contribution in [-0.4, -0.2) is 56.2 Å². The summed E-state index contributed by atoms with van der Waals surface area (Å²) in [6, 6.07) is 5.76. The van der Waals surface area contributed by atoms with E-state index in [4.69, 9.17) is 9.15 Å². The molecule has 0 aliphatic carbocycles. The molecule has 20 heavy (non-hydrogen) atoms. The van der Waals surface area contributed by atoms with Gasteiger partial charge in [0, 0.05) is 26.2 Å². The van der Waals surface area contributed by atoms with E-state index in [2.05, 4.69) is 21.8 Å². The largest absolute Gasteiger partial charge is 0.465 e. The lowest BCUT2D eigenvalue weighted by molar-refractivity contribution is 0.0601. The van der Waals surface area contributed by atoms with Crippen LogP contribution in [0.4, 0.5) is 6.01 Å². The molecule has 6 nitrogen and oxygen atoms in total. The number of oxazole rings is 1. The number of esters is 1. The minimum atomic E-state index is -0.365. The number of fused-ring (bicyclic) bond motifs is 1. The van der Waals surface area contributed by atoms with Gasteiger partial charge in [-0.3, -0.25) is 0 Å². The number of piperazine rings is 1. The first-order valence-corrected chi connectivity index (χ1v) is 6.60. The van der Waals surface area contributed by atoms with E-state index in [1.807, 2.05) is 0 Å². The molecule has 2 heterocycles. The standard InChI is InChI=1S/C14H17N3O3/c1-16-5-7-17(8-6-16)14-15-11-9-10(13(18)19-2)3-4-12(11)20-14/h3-4,9H,5-8H2,1-2H3. The van der Waals surface area contributed by atoms with E-state index in [1.54, 1.807) is 18.2 Å². The predicted octanol–water partition coefficient (Wildman–Crippen LogP) is 1.37. The third kappa shape index (κ3) is 2.34. The first-order chi connectivity index (χ1) is 9.67. The van der Waals surface area contributed by atoms with Crippen LogP contribution in [0.25, 0.3) is 11.1 Å². The van der Waals surface area contributed by atoms with Gasteiger partial charge in [0.15, 0.2) is 5.58 Å². The predicted molar refractivity (Wildman–Crippen MR) is 75.1 cm³/mol. The number of anilines is 1.